The molecule has 29 heavy (non-hydrogen) atoms. The minimum absolute atomic E-state index is 0.139. The zero-order chi connectivity index (χ0) is 20.5. The third-order valence-corrected chi connectivity index (χ3v) is 5.51. The van der Waals surface area contributed by atoms with E-state index in [1.54, 1.807) is 7.11 Å². The third-order valence-electron chi connectivity index (χ3n) is 5.51. The lowest BCUT2D eigenvalue weighted by Gasteiger charge is -2.38. The average Bonchev–Trinajstić information content (AvgIpc) is 3.17. The minimum atomic E-state index is -0.361. The highest BCUT2D eigenvalue weighted by Gasteiger charge is 2.38. The van der Waals surface area contributed by atoms with Gasteiger partial charge in [0.2, 0.25) is 0 Å². The smallest absolute Gasteiger partial charge is 0.308 e. The van der Waals surface area contributed by atoms with Crippen molar-refractivity contribution in [2.45, 2.75) is 45.3 Å². The number of allylic oxidation sites excluding steroid dienone is 2. The van der Waals surface area contributed by atoms with Crippen molar-refractivity contribution in [1.82, 2.24) is 0 Å². The van der Waals surface area contributed by atoms with Gasteiger partial charge in [0.1, 0.15) is 5.75 Å². The summed E-state index contributed by atoms with van der Waals surface area (Å²) in [7, 11) is 1.59. The van der Waals surface area contributed by atoms with Crippen molar-refractivity contribution in [1.29, 1.82) is 0 Å². The highest BCUT2D eigenvalue weighted by Crippen LogP contribution is 2.51. The molecule has 3 unspecified atom stereocenters. The lowest BCUT2D eigenvalue weighted by molar-refractivity contribution is -0.132. The fraction of sp³-hybridized carbons (Fsp3) is 0.375. The molecule has 0 bridgehead atoms. The highest BCUT2D eigenvalue weighted by molar-refractivity contribution is 5.70. The van der Waals surface area contributed by atoms with Crippen LogP contribution in [0.2, 0.25) is 0 Å². The third kappa shape index (κ3) is 3.82. The van der Waals surface area contributed by atoms with Crippen LogP contribution >= 0.6 is 0 Å². The Labute approximate surface area is 171 Å². The summed E-state index contributed by atoms with van der Waals surface area (Å²) in [6.45, 7) is 5.47. The van der Waals surface area contributed by atoms with Gasteiger partial charge in [0.05, 0.1) is 19.3 Å². The van der Waals surface area contributed by atoms with Gasteiger partial charge in [-0.05, 0) is 67.6 Å². The van der Waals surface area contributed by atoms with Crippen LogP contribution in [0.3, 0.4) is 0 Å². The molecule has 0 saturated heterocycles. The van der Waals surface area contributed by atoms with E-state index in [-0.39, 0.29) is 18.1 Å². The van der Waals surface area contributed by atoms with Gasteiger partial charge in [-0.3, -0.25) is 4.79 Å². The minimum Gasteiger partial charge on any atom is -0.493 e. The Morgan fingerprint density at radius 3 is 2.69 bits per heavy atom. The van der Waals surface area contributed by atoms with Crippen LogP contribution in [-0.4, -0.2) is 19.2 Å². The number of rotatable bonds is 5. The van der Waals surface area contributed by atoms with Crippen molar-refractivity contribution < 1.29 is 19.0 Å². The second-order valence-electron chi connectivity index (χ2n) is 7.90. The Balaban J connectivity index is 1.68. The van der Waals surface area contributed by atoms with Gasteiger partial charge in [0.15, 0.2) is 11.5 Å². The van der Waals surface area contributed by atoms with Crippen LogP contribution in [0.15, 0.2) is 48.6 Å². The SMILES string of the molecule is COc1cc(C2Nc3ccc(OC(C)C)cc3C3C=CCC32)ccc1OC(C)=O. The maximum atomic E-state index is 11.3. The standard InChI is InChI=1S/C24H27NO4/c1-14(2)28-17-9-10-21-20(13-17)18-6-5-7-19(18)24(25-21)16-8-11-22(29-15(3)26)23(12-16)27-4/h5-6,8-14,18-19,24-25H,7H2,1-4H3. The predicted octanol–water partition coefficient (Wildman–Crippen LogP) is 5.23. The molecule has 5 heteroatoms. The van der Waals surface area contributed by atoms with Crippen LogP contribution in [0, 0.1) is 5.92 Å². The second-order valence-corrected chi connectivity index (χ2v) is 7.90. The molecule has 152 valence electrons. The number of anilines is 1. The van der Waals surface area contributed by atoms with E-state index in [0.717, 1.165) is 23.4 Å². The maximum Gasteiger partial charge on any atom is 0.308 e. The lowest BCUT2D eigenvalue weighted by Crippen LogP contribution is -2.29. The van der Waals surface area contributed by atoms with Crippen LogP contribution < -0.4 is 19.5 Å². The van der Waals surface area contributed by atoms with Gasteiger partial charge >= 0.3 is 5.97 Å². The summed E-state index contributed by atoms with van der Waals surface area (Å²) < 4.78 is 16.6. The van der Waals surface area contributed by atoms with Crippen molar-refractivity contribution in [2.75, 3.05) is 12.4 Å². The number of carbonyl (C=O) groups is 1. The monoisotopic (exact) mass is 393 g/mol. The van der Waals surface area contributed by atoms with Gasteiger partial charge in [-0.2, -0.15) is 0 Å². The van der Waals surface area contributed by atoms with Crippen LogP contribution in [0.25, 0.3) is 0 Å². The van der Waals surface area contributed by atoms with Gasteiger partial charge in [0, 0.05) is 18.5 Å². The predicted molar refractivity (Wildman–Crippen MR) is 113 cm³/mol. The van der Waals surface area contributed by atoms with Gasteiger partial charge in [-0.1, -0.05) is 18.2 Å². The molecule has 1 aliphatic carbocycles. The molecule has 4 rings (SSSR count). The van der Waals surface area contributed by atoms with Crippen LogP contribution in [0.4, 0.5) is 5.69 Å². The largest absolute Gasteiger partial charge is 0.493 e. The quantitative estimate of drug-likeness (QED) is 0.428. The Bertz CT molecular complexity index is 950. The highest BCUT2D eigenvalue weighted by atomic mass is 16.6. The molecule has 2 aliphatic rings. The van der Waals surface area contributed by atoms with Gasteiger partial charge < -0.3 is 19.5 Å². The first-order valence-corrected chi connectivity index (χ1v) is 10.1. The molecule has 2 aromatic rings. The average molecular weight is 393 g/mol. The summed E-state index contributed by atoms with van der Waals surface area (Å²) in [4.78, 5) is 11.3. The summed E-state index contributed by atoms with van der Waals surface area (Å²) in [5.41, 5.74) is 3.52. The molecule has 2 aromatic carbocycles. The van der Waals surface area contributed by atoms with E-state index in [4.69, 9.17) is 14.2 Å². The fourth-order valence-electron chi connectivity index (χ4n) is 4.36. The topological polar surface area (TPSA) is 56.8 Å². The molecule has 5 nitrogen and oxygen atoms in total. The molecular formula is C24H27NO4. The van der Waals surface area contributed by atoms with E-state index in [2.05, 4.69) is 29.6 Å². The Morgan fingerprint density at radius 1 is 1.14 bits per heavy atom. The first-order valence-electron chi connectivity index (χ1n) is 10.1. The zero-order valence-corrected chi connectivity index (χ0v) is 17.3. The van der Waals surface area contributed by atoms with E-state index in [1.165, 1.54) is 12.5 Å². The summed E-state index contributed by atoms with van der Waals surface area (Å²) in [5, 5.41) is 3.72. The molecule has 1 N–H and O–H groups in total. The Morgan fingerprint density at radius 2 is 1.97 bits per heavy atom. The number of nitrogens with one attached hydrogen (secondary N) is 1. The normalized spacial score (nSPS) is 21.9. The molecule has 0 radical (unpaired) electrons. The van der Waals surface area contributed by atoms with Crippen molar-refractivity contribution in [2.24, 2.45) is 5.92 Å². The lowest BCUT2D eigenvalue weighted by atomic mass is 9.77. The molecule has 1 heterocycles. The van der Waals surface area contributed by atoms with Crippen molar-refractivity contribution in [3.8, 4) is 17.2 Å². The van der Waals surface area contributed by atoms with Gasteiger partial charge in [0.25, 0.3) is 0 Å². The number of hydrogen-bond donors (Lipinski definition) is 1. The van der Waals surface area contributed by atoms with E-state index in [1.807, 2.05) is 38.1 Å². The molecule has 0 amide bonds. The number of fused-ring (bicyclic) bond motifs is 3. The number of methoxy groups -OCH3 is 1. The fourth-order valence-corrected chi connectivity index (χ4v) is 4.36. The Kier molecular flexibility index (Phi) is 5.22. The van der Waals surface area contributed by atoms with Gasteiger partial charge in [-0.25, -0.2) is 0 Å². The maximum absolute atomic E-state index is 11.3. The van der Waals surface area contributed by atoms with Crippen LogP contribution in [0.5, 0.6) is 17.2 Å². The van der Waals surface area contributed by atoms with E-state index >= 15 is 0 Å². The number of carbonyl (C=O) groups excluding carboxylic acids is 1. The number of esters is 1. The van der Waals surface area contributed by atoms with Gasteiger partial charge in [-0.15, -0.1) is 0 Å². The number of ether oxygens (including phenoxy) is 3. The van der Waals surface area contributed by atoms with Crippen molar-refractivity contribution >= 4 is 11.7 Å². The second kappa shape index (κ2) is 7.82. The summed E-state index contributed by atoms with van der Waals surface area (Å²) >= 11 is 0. The summed E-state index contributed by atoms with van der Waals surface area (Å²) in [5.74, 6) is 2.29. The zero-order valence-electron chi connectivity index (χ0n) is 17.3. The Hall–Kier alpha value is -2.95. The molecule has 0 fully saturated rings. The molecule has 0 saturated carbocycles. The van der Waals surface area contributed by atoms with Crippen LogP contribution in [-0.2, 0) is 4.79 Å². The van der Waals surface area contributed by atoms with Crippen LogP contribution in [0.1, 0.15) is 50.3 Å². The van der Waals surface area contributed by atoms with E-state index in [0.29, 0.717) is 23.3 Å². The number of hydrogen-bond acceptors (Lipinski definition) is 5. The van der Waals surface area contributed by atoms with Crippen molar-refractivity contribution in [3.63, 3.8) is 0 Å². The molecular weight excluding hydrogens is 366 g/mol. The summed E-state index contributed by atoms with van der Waals surface area (Å²) in [6.07, 6.45) is 5.72. The molecule has 0 spiro atoms. The van der Waals surface area contributed by atoms with E-state index < -0.39 is 0 Å². The molecule has 3 atom stereocenters. The summed E-state index contributed by atoms with van der Waals surface area (Å²) in [6, 6.07) is 12.2. The first kappa shape index (κ1) is 19.4. The molecule has 1 aliphatic heterocycles. The number of benzene rings is 2. The first-order chi connectivity index (χ1) is 14.0. The molecule has 0 aromatic heterocycles. The van der Waals surface area contributed by atoms with Crippen molar-refractivity contribution in [3.05, 3.63) is 59.7 Å². The van der Waals surface area contributed by atoms with E-state index in [9.17, 15) is 4.79 Å².